The van der Waals surface area contributed by atoms with Gasteiger partial charge in [0.05, 0.1) is 13.7 Å². The Labute approximate surface area is 125 Å². The van der Waals surface area contributed by atoms with E-state index in [2.05, 4.69) is 17.0 Å². The number of nitrogens with zero attached hydrogens (tertiary/aromatic N) is 1. The number of methoxy groups -OCH3 is 1. The van der Waals surface area contributed by atoms with E-state index in [9.17, 15) is 0 Å². The molecule has 0 saturated carbocycles. The predicted molar refractivity (Wildman–Crippen MR) is 83.9 cm³/mol. The summed E-state index contributed by atoms with van der Waals surface area (Å²) >= 11 is 0. The fourth-order valence-electron chi connectivity index (χ4n) is 2.67. The molecule has 4 heteroatoms. The average Bonchev–Trinajstić information content (AvgIpc) is 2.76. The second-order valence-corrected chi connectivity index (χ2v) is 5.08. The number of rotatable bonds is 3. The zero-order valence-corrected chi connectivity index (χ0v) is 12.2. The minimum atomic E-state index is 0.512. The van der Waals surface area contributed by atoms with E-state index >= 15 is 0 Å². The van der Waals surface area contributed by atoms with Crippen LogP contribution in [0.25, 0.3) is 0 Å². The Morgan fingerprint density at radius 2 is 2.10 bits per heavy atom. The van der Waals surface area contributed by atoms with Crippen LogP contribution in [0.1, 0.15) is 11.1 Å². The molecule has 0 radical (unpaired) electrons. The highest BCUT2D eigenvalue weighted by Crippen LogP contribution is 2.30. The first-order chi connectivity index (χ1) is 10.3. The molecule has 4 nitrogen and oxygen atoms in total. The van der Waals surface area contributed by atoms with Gasteiger partial charge in [-0.05, 0) is 17.7 Å². The Kier molecular flexibility index (Phi) is 3.97. The molecule has 0 aromatic heterocycles. The normalized spacial score (nSPS) is 14.1. The van der Waals surface area contributed by atoms with Crippen molar-refractivity contribution in [3.05, 3.63) is 53.6 Å². The molecule has 2 N–H and O–H groups in total. The SMILES string of the molecule is COc1ccc(CN)c(N2CCOc3ccccc3C2)c1. The standard InChI is InChI=1S/C17H20N2O2/c1-20-15-7-6-13(11-18)16(10-15)19-8-9-21-17-5-3-2-4-14(17)12-19/h2-7,10H,8-9,11-12,18H2,1H3. The first-order valence-corrected chi connectivity index (χ1v) is 7.14. The van der Waals surface area contributed by atoms with Crippen molar-refractivity contribution in [3.8, 4) is 11.5 Å². The predicted octanol–water partition coefficient (Wildman–Crippen LogP) is 2.55. The number of nitrogens with two attached hydrogens (primary N) is 1. The van der Waals surface area contributed by atoms with Crippen LogP contribution in [-0.4, -0.2) is 20.3 Å². The Hall–Kier alpha value is -2.20. The minimum absolute atomic E-state index is 0.512. The maximum Gasteiger partial charge on any atom is 0.124 e. The Balaban J connectivity index is 1.97. The molecule has 2 aromatic carbocycles. The number of hydrogen-bond acceptors (Lipinski definition) is 4. The summed E-state index contributed by atoms with van der Waals surface area (Å²) in [7, 11) is 1.68. The average molecular weight is 284 g/mol. The van der Waals surface area contributed by atoms with Gasteiger partial charge in [0, 0.05) is 30.4 Å². The summed E-state index contributed by atoms with van der Waals surface area (Å²) in [5.41, 5.74) is 9.32. The third-order valence-electron chi connectivity index (χ3n) is 3.81. The maximum absolute atomic E-state index is 5.88. The van der Waals surface area contributed by atoms with Gasteiger partial charge in [-0.25, -0.2) is 0 Å². The molecule has 0 atom stereocenters. The van der Waals surface area contributed by atoms with E-state index in [1.165, 1.54) is 5.56 Å². The van der Waals surface area contributed by atoms with E-state index < -0.39 is 0 Å². The summed E-state index contributed by atoms with van der Waals surface area (Å²) in [4.78, 5) is 2.30. The van der Waals surface area contributed by atoms with Gasteiger partial charge >= 0.3 is 0 Å². The van der Waals surface area contributed by atoms with Crippen LogP contribution < -0.4 is 20.1 Å². The summed E-state index contributed by atoms with van der Waals surface area (Å²) in [5.74, 6) is 1.82. The third kappa shape index (κ3) is 2.81. The van der Waals surface area contributed by atoms with Crippen molar-refractivity contribution in [2.45, 2.75) is 13.1 Å². The Bertz CT molecular complexity index is 628. The van der Waals surface area contributed by atoms with E-state index in [1.807, 2.05) is 30.3 Å². The topological polar surface area (TPSA) is 47.7 Å². The van der Waals surface area contributed by atoms with Gasteiger partial charge in [-0.15, -0.1) is 0 Å². The van der Waals surface area contributed by atoms with E-state index in [0.717, 1.165) is 35.8 Å². The van der Waals surface area contributed by atoms with Gasteiger partial charge in [-0.3, -0.25) is 0 Å². The molecule has 110 valence electrons. The molecule has 0 aliphatic carbocycles. The molecule has 0 spiro atoms. The lowest BCUT2D eigenvalue weighted by Crippen LogP contribution is -2.26. The highest BCUT2D eigenvalue weighted by atomic mass is 16.5. The van der Waals surface area contributed by atoms with Gasteiger partial charge in [0.1, 0.15) is 18.1 Å². The maximum atomic E-state index is 5.88. The summed E-state index contributed by atoms with van der Waals surface area (Å²) in [5, 5.41) is 0. The summed E-state index contributed by atoms with van der Waals surface area (Å²) in [6, 6.07) is 14.2. The smallest absolute Gasteiger partial charge is 0.124 e. The van der Waals surface area contributed by atoms with Gasteiger partial charge in [0.25, 0.3) is 0 Å². The van der Waals surface area contributed by atoms with E-state index in [0.29, 0.717) is 13.2 Å². The van der Waals surface area contributed by atoms with Crippen LogP contribution in [0, 0.1) is 0 Å². The van der Waals surface area contributed by atoms with Crippen LogP contribution in [0.3, 0.4) is 0 Å². The number of para-hydroxylation sites is 1. The zero-order chi connectivity index (χ0) is 14.7. The van der Waals surface area contributed by atoms with Crippen LogP contribution in [0.15, 0.2) is 42.5 Å². The lowest BCUT2D eigenvalue weighted by atomic mass is 10.1. The first-order valence-electron chi connectivity index (χ1n) is 7.14. The number of ether oxygens (including phenoxy) is 2. The van der Waals surface area contributed by atoms with E-state index in [-0.39, 0.29) is 0 Å². The molecular weight excluding hydrogens is 264 g/mol. The molecule has 21 heavy (non-hydrogen) atoms. The molecule has 0 saturated heterocycles. The number of fused-ring (bicyclic) bond motifs is 1. The van der Waals surface area contributed by atoms with Crippen molar-refractivity contribution in [1.82, 2.24) is 0 Å². The van der Waals surface area contributed by atoms with Crippen molar-refractivity contribution in [2.75, 3.05) is 25.2 Å². The Morgan fingerprint density at radius 1 is 1.24 bits per heavy atom. The van der Waals surface area contributed by atoms with Gasteiger partial charge in [-0.2, -0.15) is 0 Å². The minimum Gasteiger partial charge on any atom is -0.497 e. The number of hydrogen-bond donors (Lipinski definition) is 1. The van der Waals surface area contributed by atoms with Crippen molar-refractivity contribution < 1.29 is 9.47 Å². The first kappa shape index (κ1) is 13.8. The number of anilines is 1. The molecule has 1 aliphatic heterocycles. The second-order valence-electron chi connectivity index (χ2n) is 5.08. The van der Waals surface area contributed by atoms with Crippen molar-refractivity contribution in [2.24, 2.45) is 5.73 Å². The van der Waals surface area contributed by atoms with Crippen LogP contribution in [0.4, 0.5) is 5.69 Å². The van der Waals surface area contributed by atoms with E-state index in [4.69, 9.17) is 15.2 Å². The largest absolute Gasteiger partial charge is 0.497 e. The van der Waals surface area contributed by atoms with Crippen molar-refractivity contribution in [3.63, 3.8) is 0 Å². The zero-order valence-electron chi connectivity index (χ0n) is 12.2. The molecule has 0 amide bonds. The van der Waals surface area contributed by atoms with E-state index in [1.54, 1.807) is 7.11 Å². The fraction of sp³-hybridized carbons (Fsp3) is 0.294. The molecule has 1 aliphatic rings. The molecule has 0 unspecified atom stereocenters. The molecule has 0 fully saturated rings. The monoisotopic (exact) mass is 284 g/mol. The summed E-state index contributed by atoms with van der Waals surface area (Å²) in [6.07, 6.45) is 0. The van der Waals surface area contributed by atoms with Gasteiger partial charge in [0.15, 0.2) is 0 Å². The molecule has 1 heterocycles. The summed E-state index contributed by atoms with van der Waals surface area (Å²) < 4.78 is 11.2. The highest BCUT2D eigenvalue weighted by Gasteiger charge is 2.18. The van der Waals surface area contributed by atoms with Crippen LogP contribution in [0.5, 0.6) is 11.5 Å². The summed E-state index contributed by atoms with van der Waals surface area (Å²) in [6.45, 7) is 2.82. The van der Waals surface area contributed by atoms with Gasteiger partial charge in [0.2, 0.25) is 0 Å². The highest BCUT2D eigenvalue weighted by molar-refractivity contribution is 5.58. The molecular formula is C17H20N2O2. The van der Waals surface area contributed by atoms with Crippen LogP contribution in [0.2, 0.25) is 0 Å². The van der Waals surface area contributed by atoms with Crippen LogP contribution in [-0.2, 0) is 13.1 Å². The quantitative estimate of drug-likeness (QED) is 0.941. The fourth-order valence-corrected chi connectivity index (χ4v) is 2.67. The van der Waals surface area contributed by atoms with Crippen molar-refractivity contribution >= 4 is 5.69 Å². The van der Waals surface area contributed by atoms with Crippen LogP contribution >= 0.6 is 0 Å². The van der Waals surface area contributed by atoms with Gasteiger partial charge < -0.3 is 20.1 Å². The molecule has 3 rings (SSSR count). The third-order valence-corrected chi connectivity index (χ3v) is 3.81. The lowest BCUT2D eigenvalue weighted by molar-refractivity contribution is 0.331. The lowest BCUT2D eigenvalue weighted by Gasteiger charge is -2.25. The Morgan fingerprint density at radius 3 is 2.90 bits per heavy atom. The second kappa shape index (κ2) is 6.06. The molecule has 2 aromatic rings. The number of benzene rings is 2. The van der Waals surface area contributed by atoms with Gasteiger partial charge in [-0.1, -0.05) is 24.3 Å². The van der Waals surface area contributed by atoms with Crippen molar-refractivity contribution in [1.29, 1.82) is 0 Å². The molecule has 0 bridgehead atoms.